The van der Waals surface area contributed by atoms with Crippen LogP contribution in [0.25, 0.3) is 55.9 Å². The lowest BCUT2D eigenvalue weighted by Crippen LogP contribution is -2.06. The van der Waals surface area contributed by atoms with Gasteiger partial charge < -0.3 is 19.5 Å². The quantitative estimate of drug-likeness (QED) is 0.0639. The summed E-state index contributed by atoms with van der Waals surface area (Å²) in [5.41, 5.74) is 11.5. The van der Waals surface area contributed by atoms with E-state index < -0.39 is 0 Å². The zero-order valence-electron chi connectivity index (χ0n) is 45.0. The molecule has 0 spiro atoms. The molecule has 5 aliphatic rings. The zero-order valence-corrected chi connectivity index (χ0v) is 45.0. The van der Waals surface area contributed by atoms with E-state index in [-0.39, 0.29) is 57.8 Å². The van der Waals surface area contributed by atoms with Crippen molar-refractivity contribution in [2.24, 2.45) is 20.6 Å². The number of hydrogen-bond donors (Lipinski definition) is 1. The van der Waals surface area contributed by atoms with Crippen molar-refractivity contribution in [1.29, 1.82) is 42.1 Å². The molecule has 4 aliphatic carbocycles. The Morgan fingerprint density at radius 1 is 0.437 bits per heavy atom. The molecular formula is C63H32N20O4. The molecule has 5 aromatic carbocycles. The number of rotatable bonds is 8. The van der Waals surface area contributed by atoms with Crippen LogP contribution >= 0.6 is 0 Å². The summed E-state index contributed by atoms with van der Waals surface area (Å²) in [7, 11) is 1.44. The highest BCUT2D eigenvalue weighted by molar-refractivity contribution is 6.24. The molecule has 0 radical (unpaired) electrons. The van der Waals surface area contributed by atoms with E-state index in [1.807, 2.05) is 158 Å². The van der Waals surface area contributed by atoms with Crippen LogP contribution in [0.2, 0.25) is 0 Å². The van der Waals surface area contributed by atoms with Crippen LogP contribution in [-0.4, -0.2) is 70.7 Å². The van der Waals surface area contributed by atoms with Crippen molar-refractivity contribution in [3.8, 4) is 93.7 Å². The maximum Gasteiger partial charge on any atom is 0.177 e. The Morgan fingerprint density at radius 2 is 0.805 bits per heavy atom. The first kappa shape index (κ1) is 56.2. The number of H-pyrrole nitrogens is 1. The minimum Gasteiger partial charge on any atom is -0.399 e. The van der Waals surface area contributed by atoms with Gasteiger partial charge in [0, 0.05) is 44.2 Å². The van der Waals surface area contributed by atoms with Gasteiger partial charge in [-0.1, -0.05) is 156 Å². The average Bonchev–Trinajstić information content (AvgIpc) is 2.40. The van der Waals surface area contributed by atoms with E-state index in [2.05, 4.69) is 67.1 Å². The van der Waals surface area contributed by atoms with E-state index in [0.29, 0.717) is 74.7 Å². The number of hydrogen-bond acceptors (Lipinski definition) is 23. The molecule has 13 rings (SSSR count). The van der Waals surface area contributed by atoms with Crippen LogP contribution in [0.3, 0.4) is 0 Å². The van der Waals surface area contributed by atoms with Crippen molar-refractivity contribution in [3.63, 3.8) is 0 Å². The van der Waals surface area contributed by atoms with Gasteiger partial charge >= 0.3 is 0 Å². The Bertz CT molecular complexity index is 4920. The highest BCUT2D eigenvalue weighted by Crippen LogP contribution is 2.43. The molecule has 24 nitrogen and oxygen atoms in total. The van der Waals surface area contributed by atoms with Gasteiger partial charge in [0.05, 0.1) is 11.4 Å². The Morgan fingerprint density at radius 3 is 1.21 bits per heavy atom. The van der Waals surface area contributed by atoms with Crippen LogP contribution in [0.4, 0.5) is 5.69 Å². The van der Waals surface area contributed by atoms with Crippen molar-refractivity contribution in [2.75, 3.05) is 13.7 Å². The number of nitriles is 8. The first-order chi connectivity index (χ1) is 42.7. The molecule has 1 aliphatic heterocycles. The summed E-state index contributed by atoms with van der Waals surface area (Å²) < 4.78 is 0. The van der Waals surface area contributed by atoms with E-state index in [1.54, 1.807) is 24.3 Å². The summed E-state index contributed by atoms with van der Waals surface area (Å²) in [6.45, 7) is 4.14. The second kappa shape index (κ2) is 25.2. The molecule has 8 aromatic rings. The number of fused-ring (bicyclic) bond motifs is 12. The highest BCUT2D eigenvalue weighted by Gasteiger charge is 2.33. The topological polar surface area (TPSA) is 391 Å². The van der Waals surface area contributed by atoms with Gasteiger partial charge in [-0.3, -0.25) is 0 Å². The second-order valence-electron chi connectivity index (χ2n) is 17.9. The minimum absolute atomic E-state index is 0.00296. The lowest BCUT2D eigenvalue weighted by atomic mass is 10.1. The van der Waals surface area contributed by atoms with E-state index >= 15 is 0 Å². The highest BCUT2D eigenvalue weighted by atomic mass is 16.6. The van der Waals surface area contributed by atoms with Crippen molar-refractivity contribution in [3.05, 3.63) is 230 Å². The van der Waals surface area contributed by atoms with Crippen LogP contribution in [-0.2, 0) is 21.1 Å². The van der Waals surface area contributed by atoms with Crippen molar-refractivity contribution < 1.29 is 14.5 Å². The third kappa shape index (κ3) is 10.6. The third-order valence-corrected chi connectivity index (χ3v) is 13.0. The van der Waals surface area contributed by atoms with E-state index in [1.165, 1.54) is 7.11 Å². The second-order valence-corrected chi connectivity index (χ2v) is 17.9. The Kier molecular flexibility index (Phi) is 16.3. The summed E-state index contributed by atoms with van der Waals surface area (Å²) >= 11 is 0. The minimum atomic E-state index is -0.0227. The molecule has 3 aromatic heterocycles. The fourth-order valence-electron chi connectivity index (χ4n) is 9.29. The first-order valence-electron chi connectivity index (χ1n) is 25.4. The molecule has 0 unspecified atom stereocenters. The summed E-state index contributed by atoms with van der Waals surface area (Å²) in [6, 6.07) is 54.4. The smallest absolute Gasteiger partial charge is 0.177 e. The Balaban J connectivity index is 0.000000129. The van der Waals surface area contributed by atoms with E-state index in [0.717, 1.165) is 44.3 Å². The summed E-state index contributed by atoms with van der Waals surface area (Å²) in [5, 5.41) is 89.3. The van der Waals surface area contributed by atoms with Gasteiger partial charge in [0.15, 0.2) is 45.6 Å². The third-order valence-electron chi connectivity index (χ3n) is 13.0. The van der Waals surface area contributed by atoms with E-state index in [4.69, 9.17) is 46.1 Å². The fraction of sp³-hybridized carbons (Fsp3) is 0.0476. The summed E-state index contributed by atoms with van der Waals surface area (Å²) in [6.07, 6.45) is 1.58. The zero-order chi connectivity index (χ0) is 61.0. The Hall–Kier alpha value is -14.0. The average molecular weight is 1130 g/mol. The molecule has 0 fully saturated rings. The normalized spacial score (nSPS) is 12.4. The van der Waals surface area contributed by atoms with Gasteiger partial charge in [-0.05, 0) is 10.7 Å². The first-order valence-corrected chi connectivity index (χ1v) is 25.4. The summed E-state index contributed by atoms with van der Waals surface area (Å²) in [4.78, 5) is 59.0. The number of nitrogens with one attached hydrogen (secondary N) is 1. The molecule has 24 heteroatoms. The van der Waals surface area contributed by atoms with Crippen molar-refractivity contribution in [1.82, 2.24) is 39.9 Å². The molecule has 0 saturated heterocycles. The van der Waals surface area contributed by atoms with Crippen LogP contribution in [0.15, 0.2) is 161 Å². The van der Waals surface area contributed by atoms with Crippen LogP contribution in [0.1, 0.15) is 84.9 Å². The number of oxime groups is 3. The monoisotopic (exact) mass is 1130 g/mol. The van der Waals surface area contributed by atoms with Gasteiger partial charge in [0.2, 0.25) is 0 Å². The molecule has 0 bridgehead atoms. The van der Waals surface area contributed by atoms with Crippen LogP contribution in [0, 0.1) is 95.6 Å². The molecule has 0 amide bonds. The predicted octanol–water partition coefficient (Wildman–Crippen LogP) is 9.73. The van der Waals surface area contributed by atoms with Gasteiger partial charge in [-0.2, -0.15) is 42.1 Å². The molecule has 4 heterocycles. The number of aromatic nitrogens is 8. The lowest BCUT2D eigenvalue weighted by molar-refractivity contribution is 0.131. The number of nitroso groups, excluding NO2 is 1. The fourth-order valence-corrected chi connectivity index (χ4v) is 9.29. The maximum atomic E-state index is 11.0. The van der Waals surface area contributed by atoms with Gasteiger partial charge in [0.25, 0.3) is 0 Å². The predicted molar refractivity (Wildman–Crippen MR) is 310 cm³/mol. The molecule has 0 atom stereocenters. The molecule has 0 saturated carbocycles. The van der Waals surface area contributed by atoms with Crippen molar-refractivity contribution in [2.45, 2.75) is 6.61 Å². The van der Waals surface area contributed by atoms with Gasteiger partial charge in [0.1, 0.15) is 126 Å². The Labute approximate surface area is 492 Å². The standard InChI is InChI=1S/C20H11N5O.C16H9N5O.C14H7N5O.C13H5N5O/c21-10-16-17(11-22)24-20-18(23-16)14-8-4-5-9-15(14)19(20)25-26-12-13-6-2-1-3-7-13;1-2-7-22-21-15-11-6-4-3-5-10(11)14-16(15)20-13(9-18)12(8-17)19-14;1-20-19-13-9-5-3-2-4-8(9)12-14(13)18-11(7-16)10(6-15)17-12;14-5-9-10(6-15)17-13-11(16-9)7-3-1-2-4-8(7)12(13)18-19/h1-9H,12H2;2-6H,1,7H2;2-5H,1H3;1-4,17H/b25-19+;21-15-;19-13+;. The number of aromatic amines is 1. The number of benzene rings is 5. The maximum absolute atomic E-state index is 11.0. The van der Waals surface area contributed by atoms with Crippen molar-refractivity contribution >= 4 is 33.6 Å². The summed E-state index contributed by atoms with van der Waals surface area (Å²) in [5.74, 6) is 0. The van der Waals surface area contributed by atoms with Crippen LogP contribution in [0.5, 0.6) is 0 Å². The largest absolute Gasteiger partial charge is 0.399 e. The number of nitrogens with zero attached hydrogens (tertiary/aromatic N) is 19. The lowest BCUT2D eigenvalue weighted by Gasteiger charge is -2.03. The van der Waals surface area contributed by atoms with Gasteiger partial charge in [-0.25, -0.2) is 34.9 Å². The molecule has 1 N–H and O–H groups in total. The van der Waals surface area contributed by atoms with Gasteiger partial charge in [-0.15, -0.1) is 4.91 Å². The van der Waals surface area contributed by atoms with Crippen LogP contribution < -0.4 is 0 Å². The van der Waals surface area contributed by atoms with E-state index in [9.17, 15) is 15.4 Å². The molecule has 408 valence electrons. The molecular weight excluding hydrogens is 1100 g/mol. The SMILES string of the molecule is C=CCO/N=C1/c2ccccc2-c2nc(C#N)c(C#N)nc21.CO/N=C1\c2ccccc2-c2nc(C#N)c(C#N)nc21.N#Cc1nc2c(nc1C#N)-c1ccccc1/C2=N\OCc1ccccc1.N#Cc1nc2c3ccccc3c(N=O)c-2[nH]c1C#N. The molecule has 87 heavy (non-hydrogen) atoms.